The monoisotopic (exact) mass is 263 g/mol. The molecule has 0 amide bonds. The first-order valence-electron chi connectivity index (χ1n) is 6.79. The Morgan fingerprint density at radius 1 is 1.42 bits per heavy atom. The number of carbonyl (C=O) groups excluding carboxylic acids is 1. The second-order valence-electron chi connectivity index (χ2n) is 4.86. The van der Waals surface area contributed by atoms with E-state index in [4.69, 9.17) is 4.74 Å². The van der Waals surface area contributed by atoms with E-state index in [-0.39, 0.29) is 18.4 Å². The highest BCUT2D eigenvalue weighted by Gasteiger charge is 2.24. The number of ketones is 1. The van der Waals surface area contributed by atoms with Gasteiger partial charge in [-0.1, -0.05) is 31.2 Å². The minimum atomic E-state index is -0.0624. The van der Waals surface area contributed by atoms with Crippen LogP contribution in [-0.2, 0) is 11.2 Å². The Morgan fingerprint density at radius 2 is 2.16 bits per heavy atom. The summed E-state index contributed by atoms with van der Waals surface area (Å²) in [5, 5.41) is 9.28. The fourth-order valence-electron chi connectivity index (χ4n) is 2.27. The zero-order valence-corrected chi connectivity index (χ0v) is 11.3. The Bertz CT molecular complexity index is 416. The maximum atomic E-state index is 12.2. The molecule has 1 aliphatic rings. The molecule has 1 aliphatic heterocycles. The SMILES string of the molecule is CCc1ccc(C(=O)CN2CCOCC2CO)cc1. The van der Waals surface area contributed by atoms with Gasteiger partial charge in [0.1, 0.15) is 0 Å². The smallest absolute Gasteiger partial charge is 0.176 e. The molecule has 4 heteroatoms. The normalized spacial score (nSPS) is 20.4. The number of rotatable bonds is 5. The summed E-state index contributed by atoms with van der Waals surface area (Å²) in [6, 6.07) is 7.70. The summed E-state index contributed by atoms with van der Waals surface area (Å²) in [5.74, 6) is 0.100. The van der Waals surface area contributed by atoms with Gasteiger partial charge < -0.3 is 9.84 Å². The number of benzene rings is 1. The van der Waals surface area contributed by atoms with E-state index in [0.717, 1.165) is 12.0 Å². The summed E-state index contributed by atoms with van der Waals surface area (Å²) in [6.07, 6.45) is 0.977. The van der Waals surface area contributed by atoms with Crippen molar-refractivity contribution in [2.24, 2.45) is 0 Å². The molecule has 19 heavy (non-hydrogen) atoms. The highest BCUT2D eigenvalue weighted by molar-refractivity contribution is 5.97. The van der Waals surface area contributed by atoms with Crippen molar-refractivity contribution in [2.45, 2.75) is 19.4 Å². The van der Waals surface area contributed by atoms with Crippen molar-refractivity contribution in [3.8, 4) is 0 Å². The maximum Gasteiger partial charge on any atom is 0.176 e. The zero-order valence-electron chi connectivity index (χ0n) is 11.3. The number of aliphatic hydroxyl groups is 1. The molecule has 0 spiro atoms. The molecule has 0 saturated carbocycles. The molecule has 0 bridgehead atoms. The van der Waals surface area contributed by atoms with Crippen LogP contribution in [0, 0.1) is 0 Å². The summed E-state index contributed by atoms with van der Waals surface area (Å²) in [6.45, 7) is 4.29. The van der Waals surface area contributed by atoms with Crippen LogP contribution in [-0.4, -0.2) is 54.7 Å². The standard InChI is InChI=1S/C15H21NO3/c1-2-12-3-5-13(6-4-12)15(18)9-16-7-8-19-11-14(16)10-17/h3-6,14,17H,2,7-11H2,1H3. The summed E-state index contributed by atoms with van der Waals surface area (Å²) < 4.78 is 5.31. The lowest BCUT2D eigenvalue weighted by molar-refractivity contribution is -0.0240. The summed E-state index contributed by atoms with van der Waals surface area (Å²) in [7, 11) is 0. The first kappa shape index (κ1) is 14.2. The van der Waals surface area contributed by atoms with Crippen LogP contribution in [0.25, 0.3) is 0 Å². The second kappa shape index (κ2) is 6.80. The number of aryl methyl sites for hydroxylation is 1. The van der Waals surface area contributed by atoms with Gasteiger partial charge in [0.2, 0.25) is 0 Å². The average Bonchev–Trinajstić information content (AvgIpc) is 2.48. The van der Waals surface area contributed by atoms with Crippen LogP contribution in [0.1, 0.15) is 22.8 Å². The number of hydrogen-bond donors (Lipinski definition) is 1. The molecular weight excluding hydrogens is 242 g/mol. The van der Waals surface area contributed by atoms with Gasteiger partial charge in [0.15, 0.2) is 5.78 Å². The molecule has 0 radical (unpaired) electrons. The van der Waals surface area contributed by atoms with Crippen LogP contribution in [0.4, 0.5) is 0 Å². The quantitative estimate of drug-likeness (QED) is 0.809. The van der Waals surface area contributed by atoms with Crippen molar-refractivity contribution in [1.82, 2.24) is 4.90 Å². The summed E-state index contributed by atoms with van der Waals surface area (Å²) in [4.78, 5) is 14.2. The van der Waals surface area contributed by atoms with Gasteiger partial charge in [-0.15, -0.1) is 0 Å². The van der Waals surface area contributed by atoms with Crippen molar-refractivity contribution < 1.29 is 14.6 Å². The van der Waals surface area contributed by atoms with Gasteiger partial charge in [-0.05, 0) is 12.0 Å². The molecule has 1 saturated heterocycles. The minimum absolute atomic E-state index is 0.0298. The Balaban J connectivity index is 1.98. The third-order valence-electron chi connectivity index (χ3n) is 3.59. The van der Waals surface area contributed by atoms with Gasteiger partial charge in [0.05, 0.1) is 32.4 Å². The molecule has 1 aromatic rings. The largest absolute Gasteiger partial charge is 0.395 e. The van der Waals surface area contributed by atoms with Crippen LogP contribution in [0.15, 0.2) is 24.3 Å². The fraction of sp³-hybridized carbons (Fsp3) is 0.533. The van der Waals surface area contributed by atoms with E-state index >= 15 is 0 Å². The van der Waals surface area contributed by atoms with Crippen LogP contribution in [0.5, 0.6) is 0 Å². The number of morpholine rings is 1. The lowest BCUT2D eigenvalue weighted by Crippen LogP contribution is -2.49. The lowest BCUT2D eigenvalue weighted by Gasteiger charge is -2.33. The molecule has 1 unspecified atom stereocenters. The molecule has 104 valence electrons. The van der Waals surface area contributed by atoms with E-state index in [0.29, 0.717) is 26.3 Å². The first-order valence-corrected chi connectivity index (χ1v) is 6.79. The minimum Gasteiger partial charge on any atom is -0.395 e. The molecule has 4 nitrogen and oxygen atoms in total. The fourth-order valence-corrected chi connectivity index (χ4v) is 2.27. The van der Waals surface area contributed by atoms with Crippen LogP contribution >= 0.6 is 0 Å². The third kappa shape index (κ3) is 3.62. The molecule has 2 rings (SSSR count). The van der Waals surface area contributed by atoms with E-state index < -0.39 is 0 Å². The molecule has 1 fully saturated rings. The average molecular weight is 263 g/mol. The Kier molecular flexibility index (Phi) is 5.07. The van der Waals surface area contributed by atoms with Gasteiger partial charge in [-0.3, -0.25) is 9.69 Å². The van der Waals surface area contributed by atoms with Gasteiger partial charge in [0.25, 0.3) is 0 Å². The highest BCUT2D eigenvalue weighted by Crippen LogP contribution is 2.10. The molecule has 1 heterocycles. The van der Waals surface area contributed by atoms with Gasteiger partial charge in [-0.2, -0.15) is 0 Å². The predicted octanol–water partition coefficient (Wildman–Crippen LogP) is 1.12. The van der Waals surface area contributed by atoms with E-state index in [1.54, 1.807) is 0 Å². The number of Topliss-reactive ketones (excluding diaryl/α,β-unsaturated/α-hetero) is 1. The number of nitrogens with zero attached hydrogens (tertiary/aromatic N) is 1. The molecular formula is C15H21NO3. The topological polar surface area (TPSA) is 49.8 Å². The van der Waals surface area contributed by atoms with E-state index in [1.807, 2.05) is 29.2 Å². The van der Waals surface area contributed by atoms with Crippen LogP contribution < -0.4 is 0 Å². The van der Waals surface area contributed by atoms with E-state index in [1.165, 1.54) is 5.56 Å². The summed E-state index contributed by atoms with van der Waals surface area (Å²) in [5.41, 5.74) is 1.97. The molecule has 0 aliphatic carbocycles. The molecule has 1 N–H and O–H groups in total. The zero-order chi connectivity index (χ0) is 13.7. The van der Waals surface area contributed by atoms with E-state index in [9.17, 15) is 9.90 Å². The number of aliphatic hydroxyl groups excluding tert-OH is 1. The lowest BCUT2D eigenvalue weighted by atomic mass is 10.1. The highest BCUT2D eigenvalue weighted by atomic mass is 16.5. The molecule has 0 aromatic heterocycles. The third-order valence-corrected chi connectivity index (χ3v) is 3.59. The van der Waals surface area contributed by atoms with Crippen molar-refractivity contribution >= 4 is 5.78 Å². The van der Waals surface area contributed by atoms with Crippen molar-refractivity contribution in [1.29, 1.82) is 0 Å². The maximum absolute atomic E-state index is 12.2. The van der Waals surface area contributed by atoms with Crippen LogP contribution in [0.3, 0.4) is 0 Å². The number of carbonyl (C=O) groups is 1. The predicted molar refractivity (Wildman–Crippen MR) is 73.4 cm³/mol. The van der Waals surface area contributed by atoms with Crippen molar-refractivity contribution in [2.75, 3.05) is 32.9 Å². The first-order chi connectivity index (χ1) is 9.24. The van der Waals surface area contributed by atoms with Gasteiger partial charge in [0, 0.05) is 12.1 Å². The number of ether oxygens (including phenoxy) is 1. The number of hydrogen-bond acceptors (Lipinski definition) is 4. The Hall–Kier alpha value is -1.23. The van der Waals surface area contributed by atoms with Crippen LogP contribution in [0.2, 0.25) is 0 Å². The van der Waals surface area contributed by atoms with Crippen molar-refractivity contribution in [3.05, 3.63) is 35.4 Å². The summed E-state index contributed by atoms with van der Waals surface area (Å²) >= 11 is 0. The Morgan fingerprint density at radius 3 is 2.79 bits per heavy atom. The Labute approximate surface area is 114 Å². The van der Waals surface area contributed by atoms with Crippen molar-refractivity contribution in [3.63, 3.8) is 0 Å². The second-order valence-corrected chi connectivity index (χ2v) is 4.86. The van der Waals surface area contributed by atoms with Gasteiger partial charge >= 0.3 is 0 Å². The molecule has 1 atom stereocenters. The molecule has 1 aromatic carbocycles. The van der Waals surface area contributed by atoms with Gasteiger partial charge in [-0.25, -0.2) is 0 Å². The van der Waals surface area contributed by atoms with E-state index in [2.05, 4.69) is 6.92 Å².